The standard InChI is InChI=1S/C17H30N2O2/c1-2-3-11-18-17(21)15-9-10-16(20)19(13-15)12-14-7-5-4-6-8-14/h14-15H,2-13H2,1H3,(H,18,21). The lowest BCUT2D eigenvalue weighted by Crippen LogP contribution is -2.47. The lowest BCUT2D eigenvalue weighted by atomic mass is 9.87. The molecular weight excluding hydrogens is 264 g/mol. The van der Waals surface area contributed by atoms with E-state index >= 15 is 0 Å². The van der Waals surface area contributed by atoms with Crippen LogP contribution in [0.3, 0.4) is 0 Å². The number of amides is 2. The minimum Gasteiger partial charge on any atom is -0.356 e. The Balaban J connectivity index is 1.80. The van der Waals surface area contributed by atoms with Gasteiger partial charge < -0.3 is 10.2 Å². The minimum atomic E-state index is 0.00291. The van der Waals surface area contributed by atoms with Crippen molar-refractivity contribution in [2.75, 3.05) is 19.6 Å². The van der Waals surface area contributed by atoms with Gasteiger partial charge in [0.2, 0.25) is 11.8 Å². The Hall–Kier alpha value is -1.06. The number of piperidine rings is 1. The normalized spacial score (nSPS) is 24.1. The molecule has 1 N–H and O–H groups in total. The summed E-state index contributed by atoms with van der Waals surface area (Å²) in [6.45, 7) is 4.39. The quantitative estimate of drug-likeness (QED) is 0.766. The van der Waals surface area contributed by atoms with Crippen LogP contribution in [0.1, 0.15) is 64.7 Å². The van der Waals surface area contributed by atoms with Gasteiger partial charge in [-0.25, -0.2) is 0 Å². The first kappa shape index (κ1) is 16.3. The molecule has 1 heterocycles. The molecule has 1 saturated carbocycles. The molecule has 0 aromatic rings. The summed E-state index contributed by atoms with van der Waals surface area (Å²) < 4.78 is 0. The fourth-order valence-corrected chi connectivity index (χ4v) is 3.52. The van der Waals surface area contributed by atoms with E-state index < -0.39 is 0 Å². The molecule has 120 valence electrons. The van der Waals surface area contributed by atoms with Gasteiger partial charge in [-0.2, -0.15) is 0 Å². The van der Waals surface area contributed by atoms with Gasteiger partial charge in [-0.1, -0.05) is 32.6 Å². The third kappa shape index (κ3) is 5.01. The van der Waals surface area contributed by atoms with Gasteiger partial charge in [0, 0.05) is 26.1 Å². The van der Waals surface area contributed by atoms with E-state index in [1.807, 2.05) is 4.90 Å². The van der Waals surface area contributed by atoms with Crippen LogP contribution in [0.5, 0.6) is 0 Å². The van der Waals surface area contributed by atoms with Gasteiger partial charge in [0.25, 0.3) is 0 Å². The van der Waals surface area contributed by atoms with Crippen LogP contribution < -0.4 is 5.32 Å². The summed E-state index contributed by atoms with van der Waals surface area (Å²) in [6, 6.07) is 0. The predicted octanol–water partition coefficient (Wildman–Crippen LogP) is 2.72. The Bertz CT molecular complexity index is 351. The monoisotopic (exact) mass is 294 g/mol. The van der Waals surface area contributed by atoms with Crippen molar-refractivity contribution in [1.82, 2.24) is 10.2 Å². The second-order valence-corrected chi connectivity index (χ2v) is 6.68. The van der Waals surface area contributed by atoms with Crippen LogP contribution >= 0.6 is 0 Å². The number of hydrogen-bond acceptors (Lipinski definition) is 2. The molecule has 1 aliphatic heterocycles. The SMILES string of the molecule is CCCCNC(=O)C1CCC(=O)N(CC2CCCCC2)C1. The summed E-state index contributed by atoms with van der Waals surface area (Å²) in [6.07, 6.45) is 9.82. The number of likely N-dealkylation sites (tertiary alicyclic amines) is 1. The molecule has 0 radical (unpaired) electrons. The van der Waals surface area contributed by atoms with Gasteiger partial charge >= 0.3 is 0 Å². The van der Waals surface area contributed by atoms with E-state index in [4.69, 9.17) is 0 Å². The van der Waals surface area contributed by atoms with Crippen molar-refractivity contribution < 1.29 is 9.59 Å². The van der Waals surface area contributed by atoms with Crippen LogP contribution in [-0.4, -0.2) is 36.3 Å². The molecule has 1 unspecified atom stereocenters. The summed E-state index contributed by atoms with van der Waals surface area (Å²) in [4.78, 5) is 26.2. The van der Waals surface area contributed by atoms with Crippen molar-refractivity contribution >= 4 is 11.8 Å². The first-order chi connectivity index (χ1) is 10.2. The highest BCUT2D eigenvalue weighted by Gasteiger charge is 2.31. The van der Waals surface area contributed by atoms with Gasteiger partial charge in [-0.3, -0.25) is 9.59 Å². The average Bonchev–Trinajstić information content (AvgIpc) is 2.50. The fourth-order valence-electron chi connectivity index (χ4n) is 3.52. The fraction of sp³-hybridized carbons (Fsp3) is 0.882. The highest BCUT2D eigenvalue weighted by molar-refractivity contribution is 5.83. The van der Waals surface area contributed by atoms with Crippen LogP contribution in [0.15, 0.2) is 0 Å². The molecule has 0 aromatic carbocycles. The molecule has 1 aliphatic carbocycles. The molecular formula is C17H30N2O2. The second-order valence-electron chi connectivity index (χ2n) is 6.68. The van der Waals surface area contributed by atoms with E-state index in [2.05, 4.69) is 12.2 Å². The average molecular weight is 294 g/mol. The van der Waals surface area contributed by atoms with Gasteiger partial charge in [0.15, 0.2) is 0 Å². The summed E-state index contributed by atoms with van der Waals surface area (Å²) >= 11 is 0. The van der Waals surface area contributed by atoms with E-state index in [1.165, 1.54) is 32.1 Å². The second kappa shape index (κ2) is 8.40. The summed E-state index contributed by atoms with van der Waals surface area (Å²) in [5, 5.41) is 3.02. The summed E-state index contributed by atoms with van der Waals surface area (Å²) in [7, 11) is 0. The van der Waals surface area contributed by atoms with Crippen LogP contribution in [0.25, 0.3) is 0 Å². The molecule has 2 aliphatic rings. The number of nitrogens with zero attached hydrogens (tertiary/aromatic N) is 1. The van der Waals surface area contributed by atoms with Gasteiger partial charge in [0.05, 0.1) is 5.92 Å². The number of nitrogens with one attached hydrogen (secondary N) is 1. The van der Waals surface area contributed by atoms with Crippen LogP contribution in [0, 0.1) is 11.8 Å². The molecule has 2 fully saturated rings. The highest BCUT2D eigenvalue weighted by atomic mass is 16.2. The zero-order chi connectivity index (χ0) is 15.1. The molecule has 21 heavy (non-hydrogen) atoms. The third-order valence-electron chi connectivity index (χ3n) is 4.90. The number of hydrogen-bond donors (Lipinski definition) is 1. The van der Waals surface area contributed by atoms with Gasteiger partial charge in [0.1, 0.15) is 0 Å². The Morgan fingerprint density at radius 2 is 2.00 bits per heavy atom. The van der Waals surface area contributed by atoms with E-state index in [0.29, 0.717) is 18.9 Å². The van der Waals surface area contributed by atoms with Crippen LogP contribution in [0.4, 0.5) is 0 Å². The summed E-state index contributed by atoms with van der Waals surface area (Å²) in [5.41, 5.74) is 0. The first-order valence-corrected chi connectivity index (χ1v) is 8.76. The zero-order valence-corrected chi connectivity index (χ0v) is 13.4. The maximum absolute atomic E-state index is 12.2. The number of carbonyl (C=O) groups is 2. The summed E-state index contributed by atoms with van der Waals surface area (Å²) in [5.74, 6) is 1.05. The lowest BCUT2D eigenvalue weighted by Gasteiger charge is -2.35. The molecule has 4 nitrogen and oxygen atoms in total. The van der Waals surface area contributed by atoms with Gasteiger partial charge in [-0.15, -0.1) is 0 Å². The number of unbranched alkanes of at least 4 members (excludes halogenated alkanes) is 1. The molecule has 1 atom stereocenters. The maximum atomic E-state index is 12.2. The third-order valence-corrected chi connectivity index (χ3v) is 4.90. The molecule has 2 rings (SSSR count). The molecule has 1 saturated heterocycles. The Morgan fingerprint density at radius 3 is 2.71 bits per heavy atom. The first-order valence-electron chi connectivity index (χ1n) is 8.76. The Labute approximate surface area is 128 Å². The van der Waals surface area contributed by atoms with Crippen LogP contribution in [0.2, 0.25) is 0 Å². The van der Waals surface area contributed by atoms with E-state index in [9.17, 15) is 9.59 Å². The molecule has 0 aromatic heterocycles. The van der Waals surface area contributed by atoms with Crippen LogP contribution in [-0.2, 0) is 9.59 Å². The topological polar surface area (TPSA) is 49.4 Å². The van der Waals surface area contributed by atoms with Crippen molar-refractivity contribution in [3.8, 4) is 0 Å². The molecule has 2 amide bonds. The predicted molar refractivity (Wildman–Crippen MR) is 83.8 cm³/mol. The Morgan fingerprint density at radius 1 is 1.24 bits per heavy atom. The van der Waals surface area contributed by atoms with E-state index in [0.717, 1.165) is 32.4 Å². The molecule has 0 bridgehead atoms. The minimum absolute atomic E-state index is 0.00291. The smallest absolute Gasteiger partial charge is 0.224 e. The van der Waals surface area contributed by atoms with Crippen molar-refractivity contribution in [3.05, 3.63) is 0 Å². The zero-order valence-electron chi connectivity index (χ0n) is 13.4. The lowest BCUT2D eigenvalue weighted by molar-refractivity contribution is -0.139. The molecule has 4 heteroatoms. The van der Waals surface area contributed by atoms with Crippen molar-refractivity contribution in [3.63, 3.8) is 0 Å². The van der Waals surface area contributed by atoms with Crippen molar-refractivity contribution in [1.29, 1.82) is 0 Å². The number of carbonyl (C=O) groups excluding carboxylic acids is 2. The number of rotatable bonds is 6. The highest BCUT2D eigenvalue weighted by Crippen LogP contribution is 2.27. The van der Waals surface area contributed by atoms with Crippen molar-refractivity contribution in [2.24, 2.45) is 11.8 Å². The maximum Gasteiger partial charge on any atom is 0.224 e. The molecule has 0 spiro atoms. The Kier molecular flexibility index (Phi) is 6.52. The van der Waals surface area contributed by atoms with E-state index in [-0.39, 0.29) is 17.7 Å². The largest absolute Gasteiger partial charge is 0.356 e. The van der Waals surface area contributed by atoms with E-state index in [1.54, 1.807) is 0 Å². The van der Waals surface area contributed by atoms with Gasteiger partial charge in [-0.05, 0) is 31.6 Å². The van der Waals surface area contributed by atoms with Crippen molar-refractivity contribution in [2.45, 2.75) is 64.7 Å².